The molecule has 0 fully saturated rings. The molecule has 0 N–H and O–H groups in total. The van der Waals surface area contributed by atoms with E-state index in [9.17, 15) is 0 Å². The molecule has 54 heavy (non-hydrogen) atoms. The fourth-order valence-corrected chi connectivity index (χ4v) is 13.4. The van der Waals surface area contributed by atoms with Crippen molar-refractivity contribution in [3.05, 3.63) is 146 Å². The third-order valence-electron chi connectivity index (χ3n) is 11.5. The Bertz CT molecular complexity index is 2350. The molecule has 0 unspecified atom stereocenters. The van der Waals surface area contributed by atoms with Crippen LogP contribution < -0.4 is 25.9 Å². The Morgan fingerprint density at radius 1 is 0.444 bits per heavy atom. The zero-order chi connectivity index (χ0) is 38.8. The van der Waals surface area contributed by atoms with Crippen molar-refractivity contribution in [2.24, 2.45) is 5.41 Å². The Kier molecular flexibility index (Phi) is 10.6. The van der Waals surface area contributed by atoms with Gasteiger partial charge >= 0.3 is 0 Å². The molecule has 7 rings (SSSR count). The van der Waals surface area contributed by atoms with E-state index in [1.807, 2.05) is 34.0 Å². The number of hydrogen-bond donors (Lipinski definition) is 0. The maximum absolute atomic E-state index is 2.52. The largest absolute Gasteiger partial charge is 0.255 e. The van der Waals surface area contributed by atoms with E-state index >= 15 is 0 Å². The lowest BCUT2D eigenvalue weighted by Gasteiger charge is -2.33. The molecule has 0 nitrogen and oxygen atoms in total. The van der Waals surface area contributed by atoms with E-state index in [0.717, 1.165) is 6.42 Å². The Morgan fingerprint density at radius 3 is 1.17 bits per heavy atom. The highest BCUT2D eigenvalue weighted by Crippen LogP contribution is 2.40. The number of aryl methyl sites for hydroxylation is 9. The Balaban J connectivity index is 1.28. The van der Waals surface area contributed by atoms with Gasteiger partial charge in [0, 0.05) is 19.5 Å². The SMILES string of the molecule is CC1=CC(C)(C)CC(C)=C1B(c1ccc(-c2ccc(-c3ccc(B(c4c(C)cc(C)cc4C)c4c(C)cc(C)cc4C)s3)s2)s1)c1c(C)cc(C)cc1C. The minimum Gasteiger partial charge on any atom is -0.148 e. The van der Waals surface area contributed by atoms with Gasteiger partial charge in [-0.05, 0) is 122 Å². The lowest BCUT2D eigenvalue weighted by molar-refractivity contribution is 0.465. The van der Waals surface area contributed by atoms with Crippen LogP contribution >= 0.6 is 34.0 Å². The third kappa shape index (κ3) is 7.37. The van der Waals surface area contributed by atoms with Crippen LogP contribution in [-0.2, 0) is 0 Å². The van der Waals surface area contributed by atoms with Gasteiger partial charge < -0.3 is 0 Å². The maximum Gasteiger partial charge on any atom is 0.255 e. The van der Waals surface area contributed by atoms with Crippen LogP contribution in [0.1, 0.15) is 84.2 Å². The van der Waals surface area contributed by atoms with Crippen LogP contribution in [0.5, 0.6) is 0 Å². The molecule has 1 aliphatic rings. The van der Waals surface area contributed by atoms with Crippen LogP contribution in [0.2, 0.25) is 0 Å². The summed E-state index contributed by atoms with van der Waals surface area (Å²) in [4.78, 5) is 5.40. The molecule has 0 aliphatic heterocycles. The van der Waals surface area contributed by atoms with E-state index in [2.05, 4.69) is 169 Å². The lowest BCUT2D eigenvalue weighted by Crippen LogP contribution is -2.54. The van der Waals surface area contributed by atoms with Gasteiger partial charge in [0.1, 0.15) is 0 Å². The first-order valence-electron chi connectivity index (χ1n) is 19.4. The second kappa shape index (κ2) is 14.8. The summed E-state index contributed by atoms with van der Waals surface area (Å²) < 4.78 is 2.85. The Hall–Kier alpha value is -3.63. The second-order valence-corrected chi connectivity index (χ2v) is 20.4. The molecule has 1 aliphatic carbocycles. The molecule has 5 heteroatoms. The molecule has 0 bridgehead atoms. The van der Waals surface area contributed by atoms with Crippen LogP contribution in [-0.4, -0.2) is 13.4 Å². The standard InChI is InChI=1S/C49H54B2S3/c1-28-20-31(4)45(32(5)21-28)50(46-33(6)22-29(2)23-34(46)7)43-18-16-41(53-43)39-14-15-40(52-39)42-17-19-44(54-42)51(47-35(8)24-30(3)25-36(47)9)48-37(10)26-49(12,13)27-38(48)11/h14-26H,27H2,1-13H3. The highest BCUT2D eigenvalue weighted by Gasteiger charge is 2.35. The van der Waals surface area contributed by atoms with Crippen LogP contribution in [0.3, 0.4) is 0 Å². The molecule has 0 saturated heterocycles. The highest BCUT2D eigenvalue weighted by atomic mass is 32.1. The number of allylic oxidation sites excluding steroid dienone is 4. The van der Waals surface area contributed by atoms with E-state index < -0.39 is 0 Å². The van der Waals surface area contributed by atoms with Crippen molar-refractivity contribution in [1.82, 2.24) is 0 Å². The van der Waals surface area contributed by atoms with Crippen LogP contribution in [0.25, 0.3) is 19.5 Å². The summed E-state index contributed by atoms with van der Waals surface area (Å²) in [6, 6.07) is 28.5. The van der Waals surface area contributed by atoms with Crippen molar-refractivity contribution < 1.29 is 0 Å². The maximum atomic E-state index is 2.52. The number of rotatable bonds is 8. The van der Waals surface area contributed by atoms with Gasteiger partial charge in [-0.2, -0.15) is 0 Å². The molecule has 3 aromatic carbocycles. The summed E-state index contributed by atoms with van der Waals surface area (Å²) in [6.45, 7) is 30.4. The number of thiophene rings is 3. The third-order valence-corrected chi connectivity index (χ3v) is 15.3. The van der Waals surface area contributed by atoms with Crippen molar-refractivity contribution >= 4 is 73.4 Å². The molecule has 3 aromatic heterocycles. The number of hydrogen-bond acceptors (Lipinski definition) is 3. The predicted octanol–water partition coefficient (Wildman–Crippen LogP) is 11.3. The topological polar surface area (TPSA) is 0 Å². The van der Waals surface area contributed by atoms with Crippen LogP contribution in [0.4, 0.5) is 0 Å². The molecule has 3 heterocycles. The molecule has 0 amide bonds. The van der Waals surface area contributed by atoms with Gasteiger partial charge in [0.25, 0.3) is 13.4 Å². The average Bonchev–Trinajstić information content (AvgIpc) is 3.82. The zero-order valence-electron chi connectivity index (χ0n) is 34.6. The average molecular weight is 761 g/mol. The Labute approximate surface area is 338 Å². The highest BCUT2D eigenvalue weighted by molar-refractivity contribution is 7.33. The zero-order valence-corrected chi connectivity index (χ0v) is 37.0. The first-order valence-corrected chi connectivity index (χ1v) is 21.9. The lowest BCUT2D eigenvalue weighted by atomic mass is 9.35. The van der Waals surface area contributed by atoms with E-state index in [4.69, 9.17) is 0 Å². The minimum atomic E-state index is 0.185. The Morgan fingerprint density at radius 2 is 0.778 bits per heavy atom. The quantitative estimate of drug-likeness (QED) is 0.136. The van der Waals surface area contributed by atoms with Gasteiger partial charge in [-0.15, -0.1) is 34.0 Å². The van der Waals surface area contributed by atoms with E-state index in [1.165, 1.54) is 112 Å². The van der Waals surface area contributed by atoms with Crippen molar-refractivity contribution in [1.29, 1.82) is 0 Å². The summed E-state index contributed by atoms with van der Waals surface area (Å²) in [5, 5.41) is 0. The van der Waals surface area contributed by atoms with Gasteiger partial charge in [-0.1, -0.05) is 152 Å². The summed E-state index contributed by atoms with van der Waals surface area (Å²) >= 11 is 5.89. The monoisotopic (exact) mass is 760 g/mol. The molecule has 0 radical (unpaired) electrons. The molecule has 0 spiro atoms. The fourth-order valence-electron chi connectivity index (χ4n) is 9.99. The first-order chi connectivity index (χ1) is 25.5. The summed E-state index contributed by atoms with van der Waals surface area (Å²) in [7, 11) is 0. The van der Waals surface area contributed by atoms with Gasteiger partial charge in [-0.3, -0.25) is 0 Å². The second-order valence-electron chi connectivity index (χ2n) is 17.1. The van der Waals surface area contributed by atoms with Crippen LogP contribution in [0.15, 0.2) is 95.5 Å². The fraction of sp³-hybridized carbons (Fsp3) is 0.306. The minimum absolute atomic E-state index is 0.185. The summed E-state index contributed by atoms with van der Waals surface area (Å²) in [6.07, 6.45) is 3.62. The van der Waals surface area contributed by atoms with Crippen LogP contribution in [0, 0.1) is 67.7 Å². The number of benzene rings is 3. The van der Waals surface area contributed by atoms with Crippen molar-refractivity contribution in [2.45, 2.75) is 96.4 Å². The van der Waals surface area contributed by atoms with E-state index in [1.54, 1.807) is 0 Å². The first kappa shape index (κ1) is 38.6. The van der Waals surface area contributed by atoms with Gasteiger partial charge in [0.15, 0.2) is 0 Å². The summed E-state index contributed by atoms with van der Waals surface area (Å²) in [5.74, 6) is 0. The molecule has 0 saturated carbocycles. The molecular formula is C49H54B2S3. The van der Waals surface area contributed by atoms with E-state index in [-0.39, 0.29) is 18.8 Å². The normalized spacial score (nSPS) is 14.1. The van der Waals surface area contributed by atoms with Gasteiger partial charge in [-0.25, -0.2) is 0 Å². The van der Waals surface area contributed by atoms with E-state index in [0.29, 0.717) is 0 Å². The van der Waals surface area contributed by atoms with Crippen molar-refractivity contribution in [2.75, 3.05) is 0 Å². The molecular weight excluding hydrogens is 706 g/mol. The molecule has 274 valence electrons. The smallest absolute Gasteiger partial charge is 0.148 e. The van der Waals surface area contributed by atoms with Gasteiger partial charge in [0.05, 0.1) is 0 Å². The molecule has 0 atom stereocenters. The van der Waals surface area contributed by atoms with Crippen molar-refractivity contribution in [3.63, 3.8) is 0 Å². The summed E-state index contributed by atoms with van der Waals surface area (Å²) in [5.41, 5.74) is 21.3. The predicted molar refractivity (Wildman–Crippen MR) is 247 cm³/mol. The van der Waals surface area contributed by atoms with Gasteiger partial charge in [0.2, 0.25) is 0 Å². The van der Waals surface area contributed by atoms with Crippen molar-refractivity contribution in [3.8, 4) is 19.5 Å². The molecule has 6 aromatic rings.